The number of rotatable bonds is 8. The van der Waals surface area contributed by atoms with Crippen LogP contribution in [-0.4, -0.2) is 60.7 Å². The Hall–Kier alpha value is -1.64. The second kappa shape index (κ2) is 8.16. The molecule has 0 aliphatic carbocycles. The molecule has 0 aliphatic rings. The molecule has 0 bridgehead atoms. The van der Waals surface area contributed by atoms with E-state index in [4.69, 9.17) is 11.6 Å². The van der Waals surface area contributed by atoms with Gasteiger partial charge in [0, 0.05) is 18.1 Å². The molecule has 0 fully saturated rings. The molecule has 9 heteroatoms. The normalized spacial score (nSPS) is 11.9. The number of benzene rings is 1. The third kappa shape index (κ3) is 4.93. The maximum Gasteiger partial charge on any atom is 0.233 e. The first-order valence-corrected chi connectivity index (χ1v) is 10.4. The minimum Gasteiger partial charge on any atom is -0.302 e. The van der Waals surface area contributed by atoms with Crippen molar-refractivity contribution < 1.29 is 8.42 Å². The fraction of sp³-hybridized carbons (Fsp3) is 0.500. The van der Waals surface area contributed by atoms with Gasteiger partial charge in [-0.05, 0) is 37.7 Å². The Labute approximate surface area is 154 Å². The number of sulfonamides is 1. The summed E-state index contributed by atoms with van der Waals surface area (Å²) >= 11 is 6.15. The van der Waals surface area contributed by atoms with E-state index in [1.165, 1.54) is 15.2 Å². The number of hydrogen-bond donors (Lipinski definition) is 0. The minimum absolute atomic E-state index is 0.298. The first-order valence-electron chi connectivity index (χ1n) is 8.15. The highest BCUT2D eigenvalue weighted by molar-refractivity contribution is 7.92. The molecule has 7 nitrogen and oxygen atoms in total. The molecule has 0 aliphatic heterocycles. The van der Waals surface area contributed by atoms with Gasteiger partial charge in [-0.1, -0.05) is 36.7 Å². The molecular formula is C16H24ClN5O2S. The van der Waals surface area contributed by atoms with Crippen LogP contribution in [0.5, 0.6) is 0 Å². The summed E-state index contributed by atoms with van der Waals surface area (Å²) in [6, 6.07) is 5.52. The van der Waals surface area contributed by atoms with Gasteiger partial charge in [0.15, 0.2) is 5.82 Å². The maximum absolute atomic E-state index is 12.2. The highest BCUT2D eigenvalue weighted by atomic mass is 35.5. The molecule has 0 amide bonds. The fourth-order valence-electron chi connectivity index (χ4n) is 2.44. The summed E-state index contributed by atoms with van der Waals surface area (Å²) < 4.78 is 27.2. The van der Waals surface area contributed by atoms with Crippen molar-refractivity contribution in [2.45, 2.75) is 20.8 Å². The van der Waals surface area contributed by atoms with Crippen molar-refractivity contribution in [3.05, 3.63) is 35.0 Å². The molecule has 1 aromatic carbocycles. The summed E-state index contributed by atoms with van der Waals surface area (Å²) in [5.41, 5.74) is 1.69. The molecule has 0 radical (unpaired) electrons. The zero-order valence-electron chi connectivity index (χ0n) is 15.0. The molecule has 1 aromatic heterocycles. The SMILES string of the molecule is CCN(CC)CCN(c1cn(-c2ccc(C)c(Cl)c2)nn1)S(C)(=O)=O. The smallest absolute Gasteiger partial charge is 0.233 e. The van der Waals surface area contributed by atoms with Crippen LogP contribution in [-0.2, 0) is 10.0 Å². The van der Waals surface area contributed by atoms with Crippen molar-refractivity contribution in [1.82, 2.24) is 19.9 Å². The van der Waals surface area contributed by atoms with Crippen molar-refractivity contribution in [1.29, 1.82) is 0 Å². The molecule has 0 spiro atoms. The van der Waals surface area contributed by atoms with Gasteiger partial charge in [0.1, 0.15) is 0 Å². The summed E-state index contributed by atoms with van der Waals surface area (Å²) in [6.45, 7) is 8.69. The summed E-state index contributed by atoms with van der Waals surface area (Å²) in [5, 5.41) is 8.71. The Morgan fingerprint density at radius 2 is 1.88 bits per heavy atom. The summed E-state index contributed by atoms with van der Waals surface area (Å²) in [5.74, 6) is 0.298. The summed E-state index contributed by atoms with van der Waals surface area (Å²) in [4.78, 5) is 2.16. The molecule has 0 unspecified atom stereocenters. The van der Waals surface area contributed by atoms with E-state index in [0.29, 0.717) is 23.9 Å². The van der Waals surface area contributed by atoms with Crippen molar-refractivity contribution in [3.63, 3.8) is 0 Å². The molecule has 138 valence electrons. The first-order chi connectivity index (χ1) is 11.8. The second-order valence-corrected chi connectivity index (χ2v) is 8.13. The lowest BCUT2D eigenvalue weighted by molar-refractivity contribution is 0.313. The molecule has 0 atom stereocenters. The molecule has 1 heterocycles. The Morgan fingerprint density at radius 3 is 2.44 bits per heavy atom. The quantitative estimate of drug-likeness (QED) is 0.697. The van der Waals surface area contributed by atoms with Crippen LogP contribution in [0, 0.1) is 6.92 Å². The van der Waals surface area contributed by atoms with E-state index in [2.05, 4.69) is 15.2 Å². The monoisotopic (exact) mass is 385 g/mol. The predicted molar refractivity (Wildman–Crippen MR) is 101 cm³/mol. The lowest BCUT2D eigenvalue weighted by atomic mass is 10.2. The third-order valence-corrected chi connectivity index (χ3v) is 5.65. The fourth-order valence-corrected chi connectivity index (χ4v) is 3.45. The van der Waals surface area contributed by atoms with Crippen LogP contribution in [0.3, 0.4) is 0 Å². The van der Waals surface area contributed by atoms with Crippen LogP contribution in [0.15, 0.2) is 24.4 Å². The summed E-state index contributed by atoms with van der Waals surface area (Å²) in [7, 11) is -3.45. The van der Waals surface area contributed by atoms with E-state index in [1.807, 2.05) is 32.9 Å². The highest BCUT2D eigenvalue weighted by Crippen LogP contribution is 2.21. The van der Waals surface area contributed by atoms with Gasteiger partial charge in [0.2, 0.25) is 10.0 Å². The molecule has 25 heavy (non-hydrogen) atoms. The topological polar surface area (TPSA) is 71.3 Å². The van der Waals surface area contributed by atoms with E-state index < -0.39 is 10.0 Å². The van der Waals surface area contributed by atoms with Crippen LogP contribution < -0.4 is 4.31 Å². The first kappa shape index (κ1) is 19.7. The van der Waals surface area contributed by atoms with Crippen LogP contribution in [0.4, 0.5) is 5.82 Å². The van der Waals surface area contributed by atoms with Crippen LogP contribution >= 0.6 is 11.6 Å². The Bertz CT molecular complexity index is 818. The number of hydrogen-bond acceptors (Lipinski definition) is 5. The second-order valence-electron chi connectivity index (χ2n) is 5.82. The van der Waals surface area contributed by atoms with Crippen LogP contribution in [0.1, 0.15) is 19.4 Å². The van der Waals surface area contributed by atoms with Crippen LogP contribution in [0.2, 0.25) is 5.02 Å². The standard InChI is InChI=1S/C16H24ClN5O2S/c1-5-20(6-2)9-10-22(25(4,23)24)16-12-21(19-18-16)14-8-7-13(3)15(17)11-14/h7-8,11-12H,5-6,9-10H2,1-4H3. The lowest BCUT2D eigenvalue weighted by Gasteiger charge is -2.24. The Kier molecular flexibility index (Phi) is 6.42. The van der Waals surface area contributed by atoms with E-state index in [0.717, 1.165) is 24.3 Å². The number of likely N-dealkylation sites (N-methyl/N-ethyl adjacent to an activating group) is 1. The van der Waals surface area contributed by atoms with Gasteiger partial charge in [0.05, 0.1) is 18.1 Å². The van der Waals surface area contributed by atoms with Crippen molar-refractivity contribution in [3.8, 4) is 5.69 Å². The third-order valence-electron chi connectivity index (χ3n) is 4.07. The van der Waals surface area contributed by atoms with Gasteiger partial charge in [-0.3, -0.25) is 0 Å². The minimum atomic E-state index is -3.45. The zero-order chi connectivity index (χ0) is 18.6. The highest BCUT2D eigenvalue weighted by Gasteiger charge is 2.21. The molecule has 2 rings (SSSR count). The number of anilines is 1. The van der Waals surface area contributed by atoms with Gasteiger partial charge in [0.25, 0.3) is 0 Å². The van der Waals surface area contributed by atoms with Gasteiger partial charge in [-0.2, -0.15) is 0 Å². The predicted octanol–water partition coefficient (Wildman–Crippen LogP) is 2.34. The van der Waals surface area contributed by atoms with Crippen molar-refractivity contribution in [2.24, 2.45) is 0 Å². The average molecular weight is 386 g/mol. The van der Waals surface area contributed by atoms with Gasteiger partial charge < -0.3 is 4.90 Å². The molecular weight excluding hydrogens is 362 g/mol. The molecule has 2 aromatic rings. The largest absolute Gasteiger partial charge is 0.302 e. The van der Waals surface area contributed by atoms with Gasteiger partial charge in [-0.15, -0.1) is 5.10 Å². The van der Waals surface area contributed by atoms with E-state index in [9.17, 15) is 8.42 Å². The lowest BCUT2D eigenvalue weighted by Crippen LogP contribution is -2.38. The summed E-state index contributed by atoms with van der Waals surface area (Å²) in [6.07, 6.45) is 2.78. The molecule has 0 N–H and O–H groups in total. The zero-order valence-corrected chi connectivity index (χ0v) is 16.5. The Balaban J connectivity index is 2.27. The maximum atomic E-state index is 12.2. The van der Waals surface area contributed by atoms with Gasteiger partial charge >= 0.3 is 0 Å². The molecule has 0 saturated carbocycles. The van der Waals surface area contributed by atoms with Crippen molar-refractivity contribution in [2.75, 3.05) is 36.7 Å². The average Bonchev–Trinajstić information content (AvgIpc) is 3.02. The van der Waals surface area contributed by atoms with E-state index >= 15 is 0 Å². The number of aromatic nitrogens is 3. The van der Waals surface area contributed by atoms with E-state index in [1.54, 1.807) is 12.3 Å². The van der Waals surface area contributed by atoms with Crippen molar-refractivity contribution >= 4 is 27.4 Å². The number of nitrogens with zero attached hydrogens (tertiary/aromatic N) is 5. The van der Waals surface area contributed by atoms with Gasteiger partial charge in [-0.25, -0.2) is 17.4 Å². The van der Waals surface area contributed by atoms with Crippen LogP contribution in [0.25, 0.3) is 5.69 Å². The van der Waals surface area contributed by atoms with E-state index in [-0.39, 0.29) is 0 Å². The molecule has 0 saturated heterocycles. The number of halogens is 1. The Morgan fingerprint density at radius 1 is 1.20 bits per heavy atom. The number of aryl methyl sites for hydroxylation is 1.